The number of rotatable bonds is 4. The molecule has 23 heavy (non-hydrogen) atoms. The Hall–Kier alpha value is -2.82. The lowest BCUT2D eigenvalue weighted by Gasteiger charge is -2.11. The number of nitrogens with one attached hydrogen (secondary N) is 1. The van der Waals surface area contributed by atoms with Crippen LogP contribution in [0.3, 0.4) is 0 Å². The van der Waals surface area contributed by atoms with Gasteiger partial charge in [0, 0.05) is 18.4 Å². The van der Waals surface area contributed by atoms with E-state index in [2.05, 4.69) is 5.32 Å². The number of fused-ring (bicyclic) bond motifs is 1. The smallest absolute Gasteiger partial charge is 0.231 e. The van der Waals surface area contributed by atoms with Gasteiger partial charge >= 0.3 is 0 Å². The number of ether oxygens (including phenoxy) is 1. The molecule has 0 fully saturated rings. The Balaban J connectivity index is 1.66. The second kappa shape index (κ2) is 6.12. The maximum Gasteiger partial charge on any atom is 0.231 e. The van der Waals surface area contributed by atoms with E-state index in [1.807, 2.05) is 18.2 Å². The SMILES string of the molecule is COc1ccc(NC(=O)Cc2ccc3c(c2)CC(=O)N3C)cc1. The van der Waals surface area contributed by atoms with Crippen molar-refractivity contribution in [1.29, 1.82) is 0 Å². The minimum atomic E-state index is -0.0900. The monoisotopic (exact) mass is 310 g/mol. The fourth-order valence-electron chi connectivity index (χ4n) is 2.70. The Morgan fingerprint density at radius 2 is 1.96 bits per heavy atom. The number of hydrogen-bond donors (Lipinski definition) is 1. The largest absolute Gasteiger partial charge is 0.497 e. The van der Waals surface area contributed by atoms with E-state index < -0.39 is 0 Å². The summed E-state index contributed by atoms with van der Waals surface area (Å²) in [5, 5.41) is 2.86. The minimum absolute atomic E-state index is 0.0832. The van der Waals surface area contributed by atoms with Crippen molar-refractivity contribution in [2.75, 3.05) is 24.4 Å². The van der Waals surface area contributed by atoms with E-state index in [0.717, 1.165) is 28.3 Å². The van der Waals surface area contributed by atoms with Gasteiger partial charge in [0.15, 0.2) is 0 Å². The van der Waals surface area contributed by atoms with Crippen molar-refractivity contribution in [2.24, 2.45) is 0 Å². The Morgan fingerprint density at radius 1 is 1.22 bits per heavy atom. The van der Waals surface area contributed by atoms with E-state index >= 15 is 0 Å². The average Bonchev–Trinajstić information content (AvgIpc) is 2.82. The van der Waals surface area contributed by atoms with Gasteiger partial charge in [0.1, 0.15) is 5.75 Å². The molecule has 0 aromatic heterocycles. The number of hydrogen-bond acceptors (Lipinski definition) is 3. The van der Waals surface area contributed by atoms with E-state index in [1.54, 1.807) is 43.3 Å². The van der Waals surface area contributed by atoms with Crippen LogP contribution in [-0.2, 0) is 22.4 Å². The van der Waals surface area contributed by atoms with Crippen LogP contribution in [-0.4, -0.2) is 26.0 Å². The molecule has 2 aromatic carbocycles. The molecule has 0 atom stereocenters. The number of nitrogens with zero attached hydrogens (tertiary/aromatic N) is 1. The first-order chi connectivity index (χ1) is 11.1. The zero-order chi connectivity index (χ0) is 16.4. The van der Waals surface area contributed by atoms with E-state index in [9.17, 15) is 9.59 Å². The molecule has 2 amide bonds. The predicted molar refractivity (Wildman–Crippen MR) is 88.9 cm³/mol. The predicted octanol–water partition coefficient (Wildman–Crippen LogP) is 2.40. The summed E-state index contributed by atoms with van der Waals surface area (Å²) in [6, 6.07) is 12.9. The third-order valence-corrected chi connectivity index (χ3v) is 3.96. The van der Waals surface area contributed by atoms with Crippen molar-refractivity contribution in [1.82, 2.24) is 0 Å². The molecule has 5 heteroatoms. The van der Waals surface area contributed by atoms with Crippen LogP contribution >= 0.6 is 0 Å². The van der Waals surface area contributed by atoms with Gasteiger partial charge in [0.05, 0.1) is 20.0 Å². The van der Waals surface area contributed by atoms with Gasteiger partial charge < -0.3 is 15.0 Å². The van der Waals surface area contributed by atoms with Crippen molar-refractivity contribution >= 4 is 23.2 Å². The Bertz CT molecular complexity index is 753. The number of amides is 2. The van der Waals surface area contributed by atoms with E-state index in [4.69, 9.17) is 4.74 Å². The molecule has 0 unspecified atom stereocenters. The topological polar surface area (TPSA) is 58.6 Å². The molecule has 2 aromatic rings. The number of carbonyl (C=O) groups is 2. The summed E-state index contributed by atoms with van der Waals surface area (Å²) in [5.74, 6) is 0.739. The van der Waals surface area contributed by atoms with Crippen LogP contribution < -0.4 is 15.0 Å². The van der Waals surface area contributed by atoms with Crippen LogP contribution in [0.4, 0.5) is 11.4 Å². The number of likely N-dealkylation sites (N-methyl/N-ethyl adjacent to an activating group) is 1. The van der Waals surface area contributed by atoms with Crippen LogP contribution in [0, 0.1) is 0 Å². The van der Waals surface area contributed by atoms with Crippen LogP contribution in [0.25, 0.3) is 0 Å². The Morgan fingerprint density at radius 3 is 2.65 bits per heavy atom. The average molecular weight is 310 g/mol. The van der Waals surface area contributed by atoms with Gasteiger partial charge in [-0.25, -0.2) is 0 Å². The zero-order valence-electron chi connectivity index (χ0n) is 13.1. The highest BCUT2D eigenvalue weighted by Crippen LogP contribution is 2.28. The minimum Gasteiger partial charge on any atom is -0.497 e. The molecule has 0 bridgehead atoms. The lowest BCUT2D eigenvalue weighted by atomic mass is 10.1. The van der Waals surface area contributed by atoms with Crippen molar-refractivity contribution in [3.05, 3.63) is 53.6 Å². The van der Waals surface area contributed by atoms with Crippen molar-refractivity contribution < 1.29 is 14.3 Å². The molecule has 5 nitrogen and oxygen atoms in total. The molecular weight excluding hydrogens is 292 g/mol. The lowest BCUT2D eigenvalue weighted by Crippen LogP contribution is -2.20. The van der Waals surface area contributed by atoms with Gasteiger partial charge in [-0.1, -0.05) is 12.1 Å². The fourth-order valence-corrected chi connectivity index (χ4v) is 2.70. The molecule has 0 aliphatic carbocycles. The van der Waals surface area contributed by atoms with Crippen molar-refractivity contribution in [3.63, 3.8) is 0 Å². The maximum absolute atomic E-state index is 12.1. The second-order valence-electron chi connectivity index (χ2n) is 5.55. The molecule has 0 saturated carbocycles. The molecule has 0 radical (unpaired) electrons. The maximum atomic E-state index is 12.1. The van der Waals surface area contributed by atoms with Gasteiger partial charge in [-0.15, -0.1) is 0 Å². The summed E-state index contributed by atoms with van der Waals surface area (Å²) in [7, 11) is 3.37. The molecule has 118 valence electrons. The first-order valence-electron chi connectivity index (χ1n) is 7.39. The third-order valence-electron chi connectivity index (χ3n) is 3.96. The van der Waals surface area contributed by atoms with Crippen LogP contribution in [0.1, 0.15) is 11.1 Å². The molecule has 0 spiro atoms. The normalized spacial score (nSPS) is 13.0. The molecule has 3 rings (SSSR count). The first-order valence-corrected chi connectivity index (χ1v) is 7.39. The summed E-state index contributed by atoms with van der Waals surface area (Å²) in [6.07, 6.45) is 0.678. The van der Waals surface area contributed by atoms with Gasteiger partial charge in [-0.2, -0.15) is 0 Å². The molecule has 1 N–H and O–H groups in total. The van der Waals surface area contributed by atoms with Crippen LogP contribution in [0.15, 0.2) is 42.5 Å². The van der Waals surface area contributed by atoms with Crippen molar-refractivity contribution in [2.45, 2.75) is 12.8 Å². The summed E-state index contributed by atoms with van der Waals surface area (Å²) in [5.41, 5.74) is 3.53. The number of carbonyl (C=O) groups excluding carboxylic acids is 2. The highest BCUT2D eigenvalue weighted by Gasteiger charge is 2.24. The second-order valence-corrected chi connectivity index (χ2v) is 5.55. The van der Waals surface area contributed by atoms with E-state index in [-0.39, 0.29) is 18.2 Å². The number of benzene rings is 2. The molecule has 1 aliphatic heterocycles. The highest BCUT2D eigenvalue weighted by atomic mass is 16.5. The number of anilines is 2. The van der Waals surface area contributed by atoms with E-state index in [1.165, 1.54) is 0 Å². The standard InChI is InChI=1S/C18H18N2O3/c1-20-16-8-3-12(9-13(16)11-18(20)22)10-17(21)19-14-4-6-15(23-2)7-5-14/h3-9H,10-11H2,1-2H3,(H,19,21). The van der Waals surface area contributed by atoms with Crippen LogP contribution in [0.5, 0.6) is 5.75 Å². The van der Waals surface area contributed by atoms with Crippen LogP contribution in [0.2, 0.25) is 0 Å². The summed E-state index contributed by atoms with van der Waals surface area (Å²) < 4.78 is 5.09. The first kappa shape index (κ1) is 15.1. The van der Waals surface area contributed by atoms with Crippen molar-refractivity contribution in [3.8, 4) is 5.75 Å². The zero-order valence-corrected chi connectivity index (χ0v) is 13.1. The summed E-state index contributed by atoms with van der Waals surface area (Å²) in [6.45, 7) is 0. The third kappa shape index (κ3) is 3.18. The molecule has 0 saturated heterocycles. The van der Waals surface area contributed by atoms with Gasteiger partial charge in [0.2, 0.25) is 11.8 Å². The lowest BCUT2D eigenvalue weighted by molar-refractivity contribution is -0.117. The molecule has 1 aliphatic rings. The Kier molecular flexibility index (Phi) is 4.02. The van der Waals surface area contributed by atoms with E-state index in [0.29, 0.717) is 6.42 Å². The molecule has 1 heterocycles. The quantitative estimate of drug-likeness (QED) is 0.943. The van der Waals surface area contributed by atoms with Gasteiger partial charge in [-0.3, -0.25) is 9.59 Å². The molecular formula is C18H18N2O3. The number of methoxy groups -OCH3 is 1. The Labute approximate surface area is 134 Å². The fraction of sp³-hybridized carbons (Fsp3) is 0.222. The summed E-state index contributed by atoms with van der Waals surface area (Å²) >= 11 is 0. The van der Waals surface area contributed by atoms with Gasteiger partial charge in [0.25, 0.3) is 0 Å². The highest BCUT2D eigenvalue weighted by molar-refractivity contribution is 6.01. The van der Waals surface area contributed by atoms with Gasteiger partial charge in [-0.05, 0) is 41.5 Å². The summed E-state index contributed by atoms with van der Waals surface area (Å²) in [4.78, 5) is 25.5.